The van der Waals surface area contributed by atoms with Gasteiger partial charge in [-0.25, -0.2) is 0 Å². The van der Waals surface area contributed by atoms with Crippen molar-refractivity contribution in [3.8, 4) is 6.07 Å². The van der Waals surface area contributed by atoms with Crippen molar-refractivity contribution < 1.29 is 0 Å². The van der Waals surface area contributed by atoms with Crippen molar-refractivity contribution in [3.05, 3.63) is 228 Å². The third-order valence-corrected chi connectivity index (χ3v) is 9.47. The van der Waals surface area contributed by atoms with E-state index in [1.807, 2.05) is 36.4 Å². The molecule has 0 saturated heterocycles. The molecule has 0 N–H and O–H groups in total. The van der Waals surface area contributed by atoms with Crippen LogP contribution in [0.4, 0.5) is 34.1 Å². The Morgan fingerprint density at radius 2 is 0.722 bits per heavy atom. The molecule has 0 aromatic heterocycles. The molecule has 3 nitrogen and oxygen atoms in total. The molecule has 0 unspecified atom stereocenters. The van der Waals surface area contributed by atoms with Crippen molar-refractivity contribution in [2.24, 2.45) is 0 Å². The molecule has 0 aliphatic rings. The lowest BCUT2D eigenvalue weighted by atomic mass is 9.97. The Bertz CT molecular complexity index is 2490. The lowest BCUT2D eigenvalue weighted by molar-refractivity contribution is 1.28. The lowest BCUT2D eigenvalue weighted by Gasteiger charge is -2.25. The van der Waals surface area contributed by atoms with E-state index < -0.39 is 0 Å². The first kappa shape index (κ1) is 33.7. The maximum atomic E-state index is 10.2. The third kappa shape index (κ3) is 7.46. The SMILES string of the molecule is N#Cc1c(C=Cc2ccc(N(c3ccccc3)c3ccccc3)cc2)ccc2cc(C=Cc3ccc(N(c4ccccc4)c4ccccc4)cc3)ccc12. The Morgan fingerprint density at radius 3 is 1.15 bits per heavy atom. The van der Waals surface area contributed by atoms with Crippen LogP contribution < -0.4 is 9.80 Å². The van der Waals surface area contributed by atoms with Crippen LogP contribution >= 0.6 is 0 Å². The highest BCUT2D eigenvalue weighted by Gasteiger charge is 2.13. The van der Waals surface area contributed by atoms with Gasteiger partial charge in [0.2, 0.25) is 0 Å². The average Bonchev–Trinajstić information content (AvgIpc) is 3.24. The predicted octanol–water partition coefficient (Wildman–Crippen LogP) is 14.0. The predicted molar refractivity (Wildman–Crippen MR) is 229 cm³/mol. The fourth-order valence-electron chi connectivity index (χ4n) is 6.78. The topological polar surface area (TPSA) is 30.3 Å². The Morgan fingerprint density at radius 1 is 0.352 bits per heavy atom. The van der Waals surface area contributed by atoms with Crippen LogP contribution in [0.15, 0.2) is 200 Å². The van der Waals surface area contributed by atoms with Crippen LogP contribution in [0.5, 0.6) is 0 Å². The molecule has 256 valence electrons. The molecule has 8 rings (SSSR count). The summed E-state index contributed by atoms with van der Waals surface area (Å²) in [6.07, 6.45) is 8.36. The molecular weight excluding hydrogens is 655 g/mol. The van der Waals surface area contributed by atoms with E-state index in [1.165, 1.54) is 0 Å². The Labute approximate surface area is 317 Å². The molecule has 0 heterocycles. The van der Waals surface area contributed by atoms with E-state index in [2.05, 4.69) is 204 Å². The molecule has 8 aromatic carbocycles. The number of fused-ring (bicyclic) bond motifs is 1. The van der Waals surface area contributed by atoms with Crippen molar-refractivity contribution in [1.82, 2.24) is 0 Å². The maximum Gasteiger partial charge on any atom is 0.100 e. The van der Waals surface area contributed by atoms with Crippen LogP contribution in [0.25, 0.3) is 35.1 Å². The molecule has 54 heavy (non-hydrogen) atoms. The van der Waals surface area contributed by atoms with Gasteiger partial charge in [-0.3, -0.25) is 0 Å². The second kappa shape index (κ2) is 15.9. The number of para-hydroxylation sites is 4. The Balaban J connectivity index is 0.993. The van der Waals surface area contributed by atoms with Crippen LogP contribution in [-0.4, -0.2) is 0 Å². The van der Waals surface area contributed by atoms with Crippen LogP contribution in [0.2, 0.25) is 0 Å². The van der Waals surface area contributed by atoms with Gasteiger partial charge < -0.3 is 9.80 Å². The zero-order valence-electron chi connectivity index (χ0n) is 29.7. The summed E-state index contributed by atoms with van der Waals surface area (Å²) in [5.74, 6) is 0. The van der Waals surface area contributed by atoms with Crippen molar-refractivity contribution in [1.29, 1.82) is 5.26 Å². The summed E-state index contributed by atoms with van der Waals surface area (Å²) in [7, 11) is 0. The van der Waals surface area contributed by atoms with Gasteiger partial charge >= 0.3 is 0 Å². The first-order chi connectivity index (χ1) is 26.7. The summed E-state index contributed by atoms with van der Waals surface area (Å²) in [5, 5.41) is 12.2. The van der Waals surface area contributed by atoms with Gasteiger partial charge in [0.25, 0.3) is 0 Å². The highest BCUT2D eigenvalue weighted by atomic mass is 15.1. The monoisotopic (exact) mass is 691 g/mol. The summed E-state index contributed by atoms with van der Waals surface area (Å²) in [5.41, 5.74) is 11.4. The number of hydrogen-bond acceptors (Lipinski definition) is 3. The van der Waals surface area contributed by atoms with Gasteiger partial charge in [-0.1, -0.05) is 146 Å². The summed E-state index contributed by atoms with van der Waals surface area (Å²) in [6, 6.07) is 71.6. The summed E-state index contributed by atoms with van der Waals surface area (Å²) >= 11 is 0. The van der Waals surface area contributed by atoms with Crippen LogP contribution in [0, 0.1) is 11.3 Å². The quantitative estimate of drug-likeness (QED) is 0.134. The standard InChI is InChI=1S/C51H37N3/c52-38-51-42(29-23-40-26-34-49(35-27-40)54(46-17-9-3-10-18-46)47-19-11-4-12-20-47)30-31-43-37-41(28-36-50(43)51)22-21-39-24-32-48(33-25-39)53(44-13-5-1-6-14-44)45-15-7-2-8-16-45/h1-37H. The summed E-state index contributed by atoms with van der Waals surface area (Å²) in [6.45, 7) is 0. The molecule has 0 saturated carbocycles. The average molecular weight is 692 g/mol. The molecule has 0 bridgehead atoms. The number of nitrogens with zero attached hydrogens (tertiary/aromatic N) is 3. The normalized spacial score (nSPS) is 11.2. The molecule has 0 radical (unpaired) electrons. The third-order valence-electron chi connectivity index (χ3n) is 9.47. The fourth-order valence-corrected chi connectivity index (χ4v) is 6.78. The molecule has 3 heteroatoms. The van der Waals surface area contributed by atoms with Crippen molar-refractivity contribution in [2.75, 3.05) is 9.80 Å². The molecule has 0 aliphatic heterocycles. The van der Waals surface area contributed by atoms with Crippen LogP contribution in [0.3, 0.4) is 0 Å². The Hall–Kier alpha value is -7.41. The number of anilines is 6. The smallest absolute Gasteiger partial charge is 0.100 e. The van der Waals surface area contributed by atoms with E-state index in [0.29, 0.717) is 5.56 Å². The van der Waals surface area contributed by atoms with E-state index in [-0.39, 0.29) is 0 Å². The number of rotatable bonds is 10. The summed E-state index contributed by atoms with van der Waals surface area (Å²) in [4.78, 5) is 4.51. The summed E-state index contributed by atoms with van der Waals surface area (Å²) < 4.78 is 0. The highest BCUT2D eigenvalue weighted by molar-refractivity contribution is 5.94. The van der Waals surface area contributed by atoms with E-state index >= 15 is 0 Å². The van der Waals surface area contributed by atoms with Crippen molar-refractivity contribution in [2.45, 2.75) is 0 Å². The van der Waals surface area contributed by atoms with Gasteiger partial charge in [-0.05, 0) is 107 Å². The van der Waals surface area contributed by atoms with Crippen molar-refractivity contribution >= 4 is 69.2 Å². The number of nitriles is 1. The number of benzene rings is 8. The fraction of sp³-hybridized carbons (Fsp3) is 0. The van der Waals surface area contributed by atoms with Crippen LogP contribution in [-0.2, 0) is 0 Å². The minimum atomic E-state index is 0.673. The van der Waals surface area contributed by atoms with E-state index in [1.54, 1.807) is 0 Å². The minimum absolute atomic E-state index is 0.673. The molecule has 0 aliphatic carbocycles. The second-order valence-electron chi connectivity index (χ2n) is 13.0. The van der Waals surface area contributed by atoms with Gasteiger partial charge in [0.05, 0.1) is 5.56 Å². The van der Waals surface area contributed by atoms with E-state index in [4.69, 9.17) is 0 Å². The zero-order chi connectivity index (χ0) is 36.5. The first-order valence-corrected chi connectivity index (χ1v) is 18.1. The van der Waals surface area contributed by atoms with Gasteiger partial charge in [-0.15, -0.1) is 0 Å². The molecular formula is C51H37N3. The Kier molecular flexibility index (Phi) is 9.91. The van der Waals surface area contributed by atoms with E-state index in [9.17, 15) is 5.26 Å². The molecule has 0 fully saturated rings. The van der Waals surface area contributed by atoms with Gasteiger partial charge in [0.1, 0.15) is 6.07 Å². The molecule has 0 atom stereocenters. The van der Waals surface area contributed by atoms with Gasteiger partial charge in [0.15, 0.2) is 0 Å². The maximum absolute atomic E-state index is 10.2. The van der Waals surface area contributed by atoms with Crippen molar-refractivity contribution in [3.63, 3.8) is 0 Å². The van der Waals surface area contributed by atoms with E-state index in [0.717, 1.165) is 67.2 Å². The van der Waals surface area contributed by atoms with Gasteiger partial charge in [0, 0.05) is 39.5 Å². The number of hydrogen-bond donors (Lipinski definition) is 0. The lowest BCUT2D eigenvalue weighted by Crippen LogP contribution is -2.09. The highest BCUT2D eigenvalue weighted by Crippen LogP contribution is 2.36. The zero-order valence-corrected chi connectivity index (χ0v) is 29.7. The molecule has 0 spiro atoms. The molecule has 8 aromatic rings. The second-order valence-corrected chi connectivity index (χ2v) is 13.0. The minimum Gasteiger partial charge on any atom is -0.311 e. The first-order valence-electron chi connectivity index (χ1n) is 18.1. The van der Waals surface area contributed by atoms with Crippen LogP contribution in [0.1, 0.15) is 27.8 Å². The largest absolute Gasteiger partial charge is 0.311 e. The molecule has 0 amide bonds. The van der Waals surface area contributed by atoms with Gasteiger partial charge in [-0.2, -0.15) is 5.26 Å².